The van der Waals surface area contributed by atoms with Crippen LogP contribution in [0.3, 0.4) is 0 Å². The Labute approximate surface area is 123 Å². The maximum Gasteiger partial charge on any atom is 0.262 e. The van der Waals surface area contributed by atoms with E-state index >= 15 is 0 Å². The Bertz CT molecular complexity index is 640. The van der Waals surface area contributed by atoms with Crippen LogP contribution in [0.15, 0.2) is 42.5 Å². The summed E-state index contributed by atoms with van der Waals surface area (Å²) in [5.41, 5.74) is 1.42. The summed E-state index contributed by atoms with van der Waals surface area (Å²) in [5, 5.41) is 12.1. The molecule has 0 aliphatic heterocycles. The van der Waals surface area contributed by atoms with E-state index in [1.54, 1.807) is 44.4 Å². The molecule has 0 aliphatic carbocycles. The maximum atomic E-state index is 11.9. The average molecular weight is 287 g/mol. The molecule has 2 rings (SSSR count). The van der Waals surface area contributed by atoms with E-state index in [0.29, 0.717) is 17.2 Å². The standard InChI is InChI=1S/C16H17NO4/c1-11-9-12(18)7-8-13(11)17-16(19)10-21-15-6-4-3-5-14(15)20-2/h3-9,18H,10H2,1-2H3,(H,17,19). The maximum absolute atomic E-state index is 11.9. The van der Waals surface area contributed by atoms with Crippen molar-refractivity contribution < 1.29 is 19.4 Å². The molecule has 0 aliphatic rings. The van der Waals surface area contributed by atoms with Gasteiger partial charge in [-0.3, -0.25) is 4.79 Å². The highest BCUT2D eigenvalue weighted by atomic mass is 16.5. The number of benzene rings is 2. The fourth-order valence-electron chi connectivity index (χ4n) is 1.86. The number of hydrogen-bond acceptors (Lipinski definition) is 4. The molecular formula is C16H17NO4. The number of aromatic hydroxyl groups is 1. The summed E-state index contributed by atoms with van der Waals surface area (Å²) in [7, 11) is 1.54. The Morgan fingerprint density at radius 1 is 1.19 bits per heavy atom. The number of ether oxygens (including phenoxy) is 2. The lowest BCUT2D eigenvalue weighted by Crippen LogP contribution is -2.20. The largest absolute Gasteiger partial charge is 0.508 e. The van der Waals surface area contributed by atoms with E-state index in [0.717, 1.165) is 5.56 Å². The van der Waals surface area contributed by atoms with Crippen molar-refractivity contribution in [2.45, 2.75) is 6.92 Å². The first kappa shape index (κ1) is 14.7. The smallest absolute Gasteiger partial charge is 0.262 e. The topological polar surface area (TPSA) is 67.8 Å². The van der Waals surface area contributed by atoms with Crippen LogP contribution in [0.1, 0.15) is 5.56 Å². The van der Waals surface area contributed by atoms with Gasteiger partial charge in [0.1, 0.15) is 5.75 Å². The Balaban J connectivity index is 1.96. The number of amides is 1. The highest BCUT2D eigenvalue weighted by molar-refractivity contribution is 5.92. The summed E-state index contributed by atoms with van der Waals surface area (Å²) < 4.78 is 10.6. The van der Waals surface area contributed by atoms with Crippen LogP contribution in [0.4, 0.5) is 5.69 Å². The van der Waals surface area contributed by atoms with Gasteiger partial charge >= 0.3 is 0 Å². The van der Waals surface area contributed by atoms with Crippen LogP contribution in [-0.4, -0.2) is 24.7 Å². The molecule has 2 aromatic carbocycles. The predicted octanol–water partition coefficient (Wildman–Crippen LogP) is 2.73. The Kier molecular flexibility index (Phi) is 4.66. The Morgan fingerprint density at radius 2 is 1.90 bits per heavy atom. The molecule has 0 saturated carbocycles. The molecule has 0 heterocycles. The highest BCUT2D eigenvalue weighted by Gasteiger charge is 2.08. The average Bonchev–Trinajstić information content (AvgIpc) is 2.48. The number of methoxy groups -OCH3 is 1. The number of phenolic OH excluding ortho intramolecular Hbond substituents is 1. The van der Waals surface area contributed by atoms with Crippen LogP contribution < -0.4 is 14.8 Å². The van der Waals surface area contributed by atoms with Crippen LogP contribution in [0.2, 0.25) is 0 Å². The third kappa shape index (κ3) is 3.89. The van der Waals surface area contributed by atoms with Crippen molar-refractivity contribution in [1.29, 1.82) is 0 Å². The van der Waals surface area contributed by atoms with Gasteiger partial charge in [-0.2, -0.15) is 0 Å². The van der Waals surface area contributed by atoms with Gasteiger partial charge in [-0.05, 0) is 42.8 Å². The third-order valence-corrected chi connectivity index (χ3v) is 2.91. The van der Waals surface area contributed by atoms with Gasteiger partial charge in [0.25, 0.3) is 5.91 Å². The third-order valence-electron chi connectivity index (χ3n) is 2.91. The molecule has 2 aromatic rings. The van der Waals surface area contributed by atoms with Crippen molar-refractivity contribution in [2.24, 2.45) is 0 Å². The molecule has 5 heteroatoms. The number of para-hydroxylation sites is 2. The first-order valence-electron chi connectivity index (χ1n) is 6.45. The number of carbonyl (C=O) groups excluding carboxylic acids is 1. The SMILES string of the molecule is COc1ccccc1OCC(=O)Nc1ccc(O)cc1C. The highest BCUT2D eigenvalue weighted by Crippen LogP contribution is 2.25. The van der Waals surface area contributed by atoms with E-state index in [9.17, 15) is 9.90 Å². The van der Waals surface area contributed by atoms with E-state index in [4.69, 9.17) is 9.47 Å². The van der Waals surface area contributed by atoms with Crippen molar-refractivity contribution in [2.75, 3.05) is 19.0 Å². The molecule has 0 unspecified atom stereocenters. The lowest BCUT2D eigenvalue weighted by molar-refractivity contribution is -0.118. The molecule has 0 aromatic heterocycles. The fraction of sp³-hybridized carbons (Fsp3) is 0.188. The number of phenols is 1. The van der Waals surface area contributed by atoms with Crippen LogP contribution in [0, 0.1) is 6.92 Å². The van der Waals surface area contributed by atoms with Gasteiger partial charge in [0, 0.05) is 5.69 Å². The van der Waals surface area contributed by atoms with Crippen molar-refractivity contribution in [3.05, 3.63) is 48.0 Å². The Morgan fingerprint density at radius 3 is 2.57 bits per heavy atom. The molecule has 0 radical (unpaired) electrons. The van der Waals surface area contributed by atoms with Gasteiger partial charge in [-0.15, -0.1) is 0 Å². The number of rotatable bonds is 5. The lowest BCUT2D eigenvalue weighted by atomic mass is 10.2. The lowest BCUT2D eigenvalue weighted by Gasteiger charge is -2.11. The summed E-state index contributed by atoms with van der Waals surface area (Å²) >= 11 is 0. The summed E-state index contributed by atoms with van der Waals surface area (Å²) in [4.78, 5) is 11.9. The molecule has 0 spiro atoms. The second kappa shape index (κ2) is 6.65. The van der Waals surface area contributed by atoms with Gasteiger partial charge in [-0.1, -0.05) is 12.1 Å². The number of hydrogen-bond donors (Lipinski definition) is 2. The number of carbonyl (C=O) groups is 1. The quantitative estimate of drug-likeness (QED) is 0.830. The minimum atomic E-state index is -0.283. The predicted molar refractivity (Wildman–Crippen MR) is 80.0 cm³/mol. The summed E-state index contributed by atoms with van der Waals surface area (Å²) in [6, 6.07) is 11.9. The van der Waals surface area contributed by atoms with E-state index in [-0.39, 0.29) is 18.3 Å². The Hall–Kier alpha value is -2.69. The van der Waals surface area contributed by atoms with E-state index < -0.39 is 0 Å². The molecule has 0 bridgehead atoms. The molecule has 21 heavy (non-hydrogen) atoms. The normalized spacial score (nSPS) is 10.0. The zero-order chi connectivity index (χ0) is 15.2. The fourth-order valence-corrected chi connectivity index (χ4v) is 1.86. The second-order valence-electron chi connectivity index (χ2n) is 4.49. The van der Waals surface area contributed by atoms with Crippen LogP contribution in [0.5, 0.6) is 17.2 Å². The van der Waals surface area contributed by atoms with Crippen LogP contribution in [0.25, 0.3) is 0 Å². The number of anilines is 1. The molecule has 1 amide bonds. The number of aryl methyl sites for hydroxylation is 1. The first-order valence-corrected chi connectivity index (χ1v) is 6.45. The molecule has 110 valence electrons. The van der Waals surface area contributed by atoms with Gasteiger partial charge in [0.05, 0.1) is 7.11 Å². The summed E-state index contributed by atoms with van der Waals surface area (Å²) in [6.07, 6.45) is 0. The number of nitrogens with one attached hydrogen (secondary N) is 1. The molecule has 2 N–H and O–H groups in total. The van der Waals surface area contributed by atoms with Gasteiger partial charge in [0.2, 0.25) is 0 Å². The zero-order valence-electron chi connectivity index (χ0n) is 11.9. The first-order chi connectivity index (χ1) is 10.1. The van der Waals surface area contributed by atoms with Gasteiger partial charge < -0.3 is 19.9 Å². The monoisotopic (exact) mass is 287 g/mol. The van der Waals surface area contributed by atoms with E-state index in [1.165, 1.54) is 6.07 Å². The van der Waals surface area contributed by atoms with Crippen molar-refractivity contribution in [3.8, 4) is 17.2 Å². The van der Waals surface area contributed by atoms with Crippen LogP contribution in [-0.2, 0) is 4.79 Å². The molecule has 0 fully saturated rings. The van der Waals surface area contributed by atoms with Crippen molar-refractivity contribution in [3.63, 3.8) is 0 Å². The van der Waals surface area contributed by atoms with E-state index in [2.05, 4.69) is 5.32 Å². The minimum Gasteiger partial charge on any atom is -0.508 e. The second-order valence-corrected chi connectivity index (χ2v) is 4.49. The molecule has 5 nitrogen and oxygen atoms in total. The van der Waals surface area contributed by atoms with Gasteiger partial charge in [-0.25, -0.2) is 0 Å². The van der Waals surface area contributed by atoms with Gasteiger partial charge in [0.15, 0.2) is 18.1 Å². The minimum absolute atomic E-state index is 0.124. The van der Waals surface area contributed by atoms with Crippen LogP contribution >= 0.6 is 0 Å². The summed E-state index contributed by atoms with van der Waals surface area (Å²) in [5.74, 6) is 0.967. The van der Waals surface area contributed by atoms with Crippen molar-refractivity contribution in [1.82, 2.24) is 0 Å². The molecular weight excluding hydrogens is 270 g/mol. The molecule has 0 saturated heterocycles. The molecule has 0 atom stereocenters. The van der Waals surface area contributed by atoms with E-state index in [1.807, 2.05) is 6.07 Å². The summed E-state index contributed by atoms with van der Waals surface area (Å²) in [6.45, 7) is 1.68. The zero-order valence-corrected chi connectivity index (χ0v) is 11.9. The van der Waals surface area contributed by atoms with Crippen molar-refractivity contribution >= 4 is 11.6 Å².